The topological polar surface area (TPSA) is 130 Å². The van der Waals surface area contributed by atoms with Crippen molar-refractivity contribution in [3.63, 3.8) is 0 Å². The van der Waals surface area contributed by atoms with E-state index in [1.807, 2.05) is 13.8 Å². The molecule has 0 unspecified atom stereocenters. The van der Waals surface area contributed by atoms with E-state index in [0.29, 0.717) is 17.0 Å². The Labute approximate surface area is 210 Å². The predicted octanol–water partition coefficient (Wildman–Crippen LogP) is 3.35. The number of sulfonamides is 1. The molecule has 0 fully saturated rings. The van der Waals surface area contributed by atoms with Crippen LogP contribution in [0.5, 0.6) is 0 Å². The maximum absolute atomic E-state index is 13.4. The summed E-state index contributed by atoms with van der Waals surface area (Å²) in [4.78, 5) is 38.1. The first-order valence-corrected chi connectivity index (χ1v) is 13.1. The van der Waals surface area contributed by atoms with Crippen LogP contribution < -0.4 is 9.62 Å². The summed E-state index contributed by atoms with van der Waals surface area (Å²) in [6.07, 6.45) is 1.60. The molecule has 0 spiro atoms. The van der Waals surface area contributed by atoms with Gasteiger partial charge in [-0.1, -0.05) is 36.7 Å². The van der Waals surface area contributed by atoms with Gasteiger partial charge in [0.05, 0.1) is 16.9 Å². The molecule has 0 aliphatic carbocycles. The second-order valence-electron chi connectivity index (χ2n) is 8.19. The first-order chi connectivity index (χ1) is 16.3. The van der Waals surface area contributed by atoms with Gasteiger partial charge in [0.15, 0.2) is 0 Å². The number of carbonyl (C=O) groups excluding carboxylic acids is 2. The zero-order chi connectivity index (χ0) is 26.3. The van der Waals surface area contributed by atoms with E-state index >= 15 is 0 Å². The van der Waals surface area contributed by atoms with Crippen molar-refractivity contribution in [2.24, 2.45) is 0 Å². The van der Waals surface area contributed by atoms with E-state index in [1.165, 1.54) is 23.1 Å². The van der Waals surface area contributed by atoms with Crippen LogP contribution in [0, 0.1) is 10.1 Å². The summed E-state index contributed by atoms with van der Waals surface area (Å²) in [6, 6.07) is 10.7. The highest BCUT2D eigenvalue weighted by Crippen LogP contribution is 2.24. The highest BCUT2D eigenvalue weighted by Gasteiger charge is 2.30. The molecular weight excluding hydrogens is 496 g/mol. The van der Waals surface area contributed by atoms with Gasteiger partial charge in [0.2, 0.25) is 21.8 Å². The molecule has 2 amide bonds. The summed E-state index contributed by atoms with van der Waals surface area (Å²) < 4.78 is 25.9. The van der Waals surface area contributed by atoms with Crippen molar-refractivity contribution in [3.8, 4) is 0 Å². The quantitative estimate of drug-likeness (QED) is 0.354. The Kier molecular flexibility index (Phi) is 9.61. The van der Waals surface area contributed by atoms with Crippen LogP contribution in [0.1, 0.15) is 32.8 Å². The molecule has 10 nitrogen and oxygen atoms in total. The van der Waals surface area contributed by atoms with Crippen molar-refractivity contribution in [2.45, 2.75) is 45.8 Å². The van der Waals surface area contributed by atoms with Crippen molar-refractivity contribution in [3.05, 3.63) is 69.2 Å². The maximum atomic E-state index is 13.4. The number of rotatable bonds is 11. The Morgan fingerprint density at radius 2 is 1.77 bits per heavy atom. The molecule has 12 heteroatoms. The Hall–Kier alpha value is -3.18. The van der Waals surface area contributed by atoms with Gasteiger partial charge in [0.1, 0.15) is 12.6 Å². The Morgan fingerprint density at radius 1 is 1.14 bits per heavy atom. The van der Waals surface area contributed by atoms with E-state index in [-0.39, 0.29) is 29.9 Å². The minimum absolute atomic E-state index is 0.0254. The van der Waals surface area contributed by atoms with Gasteiger partial charge in [0, 0.05) is 29.7 Å². The molecule has 2 rings (SSSR count). The molecule has 0 aliphatic heterocycles. The lowest BCUT2D eigenvalue weighted by Crippen LogP contribution is -2.52. The van der Waals surface area contributed by atoms with Crippen molar-refractivity contribution < 1.29 is 22.9 Å². The van der Waals surface area contributed by atoms with Crippen LogP contribution in [0.15, 0.2) is 48.5 Å². The van der Waals surface area contributed by atoms with Crippen LogP contribution >= 0.6 is 11.6 Å². The number of non-ortho nitro benzene ring substituents is 1. The summed E-state index contributed by atoms with van der Waals surface area (Å²) in [5.41, 5.74) is 0.341. The van der Waals surface area contributed by atoms with Crippen LogP contribution in [0.4, 0.5) is 11.4 Å². The minimum atomic E-state index is -3.99. The molecule has 0 saturated heterocycles. The Balaban J connectivity index is 2.41. The number of halogens is 1. The molecule has 2 atom stereocenters. The fraction of sp³-hybridized carbons (Fsp3) is 0.391. The SMILES string of the molecule is CC[C@@H](C)NC(=O)[C@H](C)N(Cc1ccc(Cl)cc1)C(=O)CN(c1cccc([N+](=O)[O-])c1)S(C)(=O)=O. The number of amides is 2. The first-order valence-electron chi connectivity index (χ1n) is 10.9. The molecular formula is C23H29ClN4O6S. The number of hydrogen-bond acceptors (Lipinski definition) is 6. The lowest BCUT2D eigenvalue weighted by atomic mass is 10.1. The van der Waals surface area contributed by atoms with Gasteiger partial charge in [-0.25, -0.2) is 8.42 Å². The van der Waals surface area contributed by atoms with E-state index < -0.39 is 33.4 Å². The first kappa shape index (κ1) is 28.1. The number of carbonyl (C=O) groups is 2. The normalized spacial score (nSPS) is 12.9. The van der Waals surface area contributed by atoms with Gasteiger partial charge in [0.25, 0.3) is 5.69 Å². The average Bonchev–Trinajstić information content (AvgIpc) is 2.80. The van der Waals surface area contributed by atoms with Crippen LogP contribution in [-0.2, 0) is 26.2 Å². The molecule has 2 aromatic rings. The molecule has 0 aromatic heterocycles. The number of nitro groups is 1. The lowest BCUT2D eigenvalue weighted by Gasteiger charge is -2.32. The molecule has 35 heavy (non-hydrogen) atoms. The number of hydrogen-bond donors (Lipinski definition) is 1. The molecule has 0 saturated carbocycles. The van der Waals surface area contributed by atoms with E-state index in [1.54, 1.807) is 31.2 Å². The van der Waals surface area contributed by atoms with Crippen LogP contribution in [0.25, 0.3) is 0 Å². The lowest BCUT2D eigenvalue weighted by molar-refractivity contribution is -0.384. The summed E-state index contributed by atoms with van der Waals surface area (Å²) >= 11 is 5.95. The van der Waals surface area contributed by atoms with Crippen molar-refractivity contribution in [2.75, 3.05) is 17.1 Å². The molecule has 0 radical (unpaired) electrons. The number of anilines is 1. The monoisotopic (exact) mass is 524 g/mol. The third kappa shape index (κ3) is 7.93. The third-order valence-electron chi connectivity index (χ3n) is 5.44. The van der Waals surface area contributed by atoms with E-state index in [9.17, 15) is 28.1 Å². The number of nitro benzene ring substituents is 1. The number of nitrogens with zero attached hydrogens (tertiary/aromatic N) is 3. The number of nitrogens with one attached hydrogen (secondary N) is 1. The molecule has 0 heterocycles. The van der Waals surface area contributed by atoms with Gasteiger partial charge in [-0.3, -0.25) is 24.0 Å². The highest BCUT2D eigenvalue weighted by atomic mass is 35.5. The van der Waals surface area contributed by atoms with Crippen molar-refractivity contribution in [1.29, 1.82) is 0 Å². The summed E-state index contributed by atoms with van der Waals surface area (Å²) in [6.45, 7) is 4.69. The fourth-order valence-corrected chi connectivity index (χ4v) is 4.18. The van der Waals surface area contributed by atoms with Gasteiger partial charge in [-0.2, -0.15) is 0 Å². The Bertz CT molecular complexity index is 1170. The Morgan fingerprint density at radius 3 is 2.31 bits per heavy atom. The second-order valence-corrected chi connectivity index (χ2v) is 10.5. The highest BCUT2D eigenvalue weighted by molar-refractivity contribution is 7.92. The van der Waals surface area contributed by atoms with E-state index in [4.69, 9.17) is 11.6 Å². The predicted molar refractivity (Wildman–Crippen MR) is 135 cm³/mol. The van der Waals surface area contributed by atoms with Crippen LogP contribution in [0.2, 0.25) is 5.02 Å². The summed E-state index contributed by atoms with van der Waals surface area (Å²) in [5.74, 6) is -1.04. The number of benzene rings is 2. The maximum Gasteiger partial charge on any atom is 0.271 e. The molecule has 190 valence electrons. The summed E-state index contributed by atoms with van der Waals surface area (Å²) in [7, 11) is -3.99. The molecule has 2 aromatic carbocycles. The van der Waals surface area contributed by atoms with Crippen molar-refractivity contribution >= 4 is 44.8 Å². The largest absolute Gasteiger partial charge is 0.352 e. The zero-order valence-corrected chi connectivity index (χ0v) is 21.5. The average molecular weight is 525 g/mol. The standard InChI is InChI=1S/C23H29ClN4O6S/c1-5-16(2)25-23(30)17(3)26(14-18-9-11-19(24)12-10-18)22(29)15-27(35(4,33)34)20-7-6-8-21(13-20)28(31)32/h6-13,16-17H,5,14-15H2,1-4H3,(H,25,30)/t16-,17+/m1/s1. The van der Waals surface area contributed by atoms with Gasteiger partial charge in [-0.05, 0) is 44.0 Å². The van der Waals surface area contributed by atoms with Gasteiger partial charge < -0.3 is 10.2 Å². The smallest absolute Gasteiger partial charge is 0.271 e. The van der Waals surface area contributed by atoms with E-state index in [2.05, 4.69) is 5.32 Å². The molecule has 0 bridgehead atoms. The zero-order valence-electron chi connectivity index (χ0n) is 20.0. The summed E-state index contributed by atoms with van der Waals surface area (Å²) in [5, 5.41) is 14.5. The van der Waals surface area contributed by atoms with Gasteiger partial charge >= 0.3 is 0 Å². The molecule has 1 N–H and O–H groups in total. The fourth-order valence-electron chi connectivity index (χ4n) is 3.21. The molecule has 0 aliphatic rings. The minimum Gasteiger partial charge on any atom is -0.352 e. The van der Waals surface area contributed by atoms with E-state index in [0.717, 1.165) is 16.6 Å². The van der Waals surface area contributed by atoms with Crippen LogP contribution in [0.3, 0.4) is 0 Å². The van der Waals surface area contributed by atoms with Crippen LogP contribution in [-0.4, -0.2) is 54.9 Å². The van der Waals surface area contributed by atoms with Crippen molar-refractivity contribution in [1.82, 2.24) is 10.2 Å². The van der Waals surface area contributed by atoms with Gasteiger partial charge in [-0.15, -0.1) is 0 Å². The second kappa shape index (κ2) is 12.0. The third-order valence-corrected chi connectivity index (χ3v) is 6.83.